The van der Waals surface area contributed by atoms with E-state index < -0.39 is 5.60 Å². The molecule has 2 atom stereocenters. The highest BCUT2D eigenvalue weighted by Gasteiger charge is 2.32. The molecule has 0 radical (unpaired) electrons. The van der Waals surface area contributed by atoms with Gasteiger partial charge in [-0.15, -0.1) is 0 Å². The molecule has 2 aliphatic rings. The smallest absolute Gasteiger partial charge is 0.0869 e. The molecule has 0 aliphatic carbocycles. The molecule has 0 aromatic rings. The number of aliphatic hydroxyl groups is 1. The highest BCUT2D eigenvalue weighted by atomic mass is 32.2. The molecule has 2 saturated heterocycles. The zero-order valence-electron chi connectivity index (χ0n) is 8.83. The van der Waals surface area contributed by atoms with Crippen LogP contribution in [0, 0.1) is 0 Å². The highest BCUT2D eigenvalue weighted by molar-refractivity contribution is 7.99. The van der Waals surface area contributed by atoms with Gasteiger partial charge in [0, 0.05) is 24.9 Å². The Kier molecular flexibility index (Phi) is 3.37. The van der Waals surface area contributed by atoms with Gasteiger partial charge in [0.1, 0.15) is 0 Å². The minimum Gasteiger partial charge on any atom is -0.388 e. The number of hydrogen-bond acceptors (Lipinski definition) is 4. The third-order valence-electron chi connectivity index (χ3n) is 3.19. The van der Waals surface area contributed by atoms with Crippen molar-refractivity contribution in [2.45, 2.75) is 24.5 Å². The Labute approximate surface area is 90.2 Å². The van der Waals surface area contributed by atoms with Gasteiger partial charge in [-0.25, -0.2) is 0 Å². The van der Waals surface area contributed by atoms with Gasteiger partial charge >= 0.3 is 0 Å². The molecule has 2 unspecified atom stereocenters. The Hall–Kier alpha value is 0.230. The maximum Gasteiger partial charge on any atom is 0.0869 e. The molecule has 0 amide bonds. The summed E-state index contributed by atoms with van der Waals surface area (Å²) in [6.07, 6.45) is 2.17. The van der Waals surface area contributed by atoms with E-state index in [0.29, 0.717) is 6.04 Å². The van der Waals surface area contributed by atoms with E-state index in [2.05, 4.69) is 17.3 Å². The first-order valence-corrected chi connectivity index (χ1v) is 6.55. The second-order valence-corrected chi connectivity index (χ2v) is 5.76. The molecule has 2 fully saturated rings. The quantitative estimate of drug-likeness (QED) is 0.704. The van der Waals surface area contributed by atoms with E-state index in [1.165, 1.54) is 13.0 Å². The van der Waals surface area contributed by atoms with Gasteiger partial charge in [0.15, 0.2) is 0 Å². The lowest BCUT2D eigenvalue weighted by Crippen LogP contribution is -2.45. The lowest BCUT2D eigenvalue weighted by atomic mass is 10.0. The second-order valence-electron chi connectivity index (χ2n) is 4.66. The van der Waals surface area contributed by atoms with Gasteiger partial charge in [-0.2, -0.15) is 11.8 Å². The van der Waals surface area contributed by atoms with Crippen LogP contribution in [0.4, 0.5) is 0 Å². The third kappa shape index (κ3) is 2.63. The van der Waals surface area contributed by atoms with Crippen LogP contribution in [0.2, 0.25) is 0 Å². The lowest BCUT2D eigenvalue weighted by molar-refractivity contribution is 0.0649. The number of nitrogens with one attached hydrogen (secondary N) is 1. The highest BCUT2D eigenvalue weighted by Crippen LogP contribution is 2.27. The lowest BCUT2D eigenvalue weighted by Gasteiger charge is -2.24. The maximum atomic E-state index is 10.1. The van der Waals surface area contributed by atoms with E-state index in [-0.39, 0.29) is 0 Å². The molecule has 2 rings (SSSR count). The van der Waals surface area contributed by atoms with Gasteiger partial charge in [0.05, 0.1) is 5.60 Å². The molecule has 4 heteroatoms. The van der Waals surface area contributed by atoms with E-state index in [1.54, 1.807) is 0 Å². The summed E-state index contributed by atoms with van der Waals surface area (Å²) in [5.74, 6) is 2.02. The number of nitrogens with zero attached hydrogens (tertiary/aromatic N) is 1. The Morgan fingerprint density at radius 2 is 2.50 bits per heavy atom. The third-order valence-corrected chi connectivity index (χ3v) is 4.43. The largest absolute Gasteiger partial charge is 0.388 e. The molecule has 2 aliphatic heterocycles. The number of likely N-dealkylation sites (N-methyl/N-ethyl adjacent to an activating group) is 1. The number of rotatable bonds is 3. The molecule has 2 heterocycles. The average molecular weight is 216 g/mol. The first kappa shape index (κ1) is 10.7. The molecule has 0 bridgehead atoms. The Morgan fingerprint density at radius 1 is 1.64 bits per heavy atom. The zero-order valence-corrected chi connectivity index (χ0v) is 9.65. The summed E-state index contributed by atoms with van der Waals surface area (Å²) >= 11 is 1.86. The first-order valence-electron chi connectivity index (χ1n) is 5.40. The monoisotopic (exact) mass is 216 g/mol. The predicted octanol–water partition coefficient (Wildman–Crippen LogP) is 0.148. The normalized spacial score (nSPS) is 39.4. The van der Waals surface area contributed by atoms with E-state index in [1.807, 2.05) is 11.8 Å². The van der Waals surface area contributed by atoms with Gasteiger partial charge < -0.3 is 15.3 Å². The summed E-state index contributed by atoms with van der Waals surface area (Å²) in [7, 11) is 2.15. The van der Waals surface area contributed by atoms with Crippen LogP contribution in [0.1, 0.15) is 12.8 Å². The van der Waals surface area contributed by atoms with Crippen LogP contribution in [0.5, 0.6) is 0 Å². The Morgan fingerprint density at radius 3 is 3.07 bits per heavy atom. The Bertz CT molecular complexity index is 195. The fourth-order valence-corrected chi connectivity index (χ4v) is 3.47. The van der Waals surface area contributed by atoms with Crippen molar-refractivity contribution in [2.24, 2.45) is 0 Å². The molecule has 3 nitrogen and oxygen atoms in total. The van der Waals surface area contributed by atoms with Gasteiger partial charge in [0.25, 0.3) is 0 Å². The van der Waals surface area contributed by atoms with Gasteiger partial charge in [-0.3, -0.25) is 0 Å². The van der Waals surface area contributed by atoms with Crippen LogP contribution in [0.25, 0.3) is 0 Å². The molecular formula is C10H20N2OS. The van der Waals surface area contributed by atoms with Crippen molar-refractivity contribution < 1.29 is 5.11 Å². The van der Waals surface area contributed by atoms with Crippen LogP contribution in [0.3, 0.4) is 0 Å². The number of likely N-dealkylation sites (tertiary alicyclic amines) is 1. The van der Waals surface area contributed by atoms with Crippen molar-refractivity contribution in [1.82, 2.24) is 10.2 Å². The molecular weight excluding hydrogens is 196 g/mol. The van der Waals surface area contributed by atoms with Crippen LogP contribution in [-0.4, -0.2) is 59.8 Å². The van der Waals surface area contributed by atoms with E-state index in [4.69, 9.17) is 0 Å². The van der Waals surface area contributed by atoms with Crippen LogP contribution >= 0.6 is 11.8 Å². The molecule has 0 saturated carbocycles. The molecule has 0 aromatic carbocycles. The molecule has 82 valence electrons. The standard InChI is InChI=1S/C10H20N2OS/c1-12-4-2-9(6-12)11-7-10(13)3-5-14-8-10/h9,11,13H,2-8H2,1H3. The molecule has 14 heavy (non-hydrogen) atoms. The summed E-state index contributed by atoms with van der Waals surface area (Å²) in [5, 5.41) is 13.6. The first-order chi connectivity index (χ1) is 6.68. The van der Waals surface area contributed by atoms with Gasteiger partial charge in [-0.05, 0) is 32.2 Å². The van der Waals surface area contributed by atoms with Crippen molar-refractivity contribution in [3.8, 4) is 0 Å². The summed E-state index contributed by atoms with van der Waals surface area (Å²) in [5.41, 5.74) is -0.425. The minimum atomic E-state index is -0.425. The fraction of sp³-hybridized carbons (Fsp3) is 1.00. The summed E-state index contributed by atoms with van der Waals surface area (Å²) in [6, 6.07) is 0.592. The van der Waals surface area contributed by atoms with Gasteiger partial charge in [0.2, 0.25) is 0 Å². The van der Waals surface area contributed by atoms with Crippen molar-refractivity contribution in [3.05, 3.63) is 0 Å². The molecule has 0 aromatic heterocycles. The van der Waals surface area contributed by atoms with Crippen LogP contribution in [-0.2, 0) is 0 Å². The number of thioether (sulfide) groups is 1. The summed E-state index contributed by atoms with van der Waals surface area (Å²) < 4.78 is 0. The van der Waals surface area contributed by atoms with Gasteiger partial charge in [-0.1, -0.05) is 0 Å². The molecule has 0 spiro atoms. The van der Waals surface area contributed by atoms with Crippen molar-refractivity contribution >= 4 is 11.8 Å². The van der Waals surface area contributed by atoms with Crippen molar-refractivity contribution in [2.75, 3.05) is 38.2 Å². The second kappa shape index (κ2) is 4.39. The van der Waals surface area contributed by atoms with E-state index in [9.17, 15) is 5.11 Å². The maximum absolute atomic E-state index is 10.1. The predicted molar refractivity (Wildman–Crippen MR) is 60.8 cm³/mol. The summed E-state index contributed by atoms with van der Waals surface area (Å²) in [6.45, 7) is 3.09. The van der Waals surface area contributed by atoms with E-state index in [0.717, 1.165) is 31.0 Å². The zero-order chi connectivity index (χ0) is 10.0. The van der Waals surface area contributed by atoms with Crippen LogP contribution < -0.4 is 5.32 Å². The van der Waals surface area contributed by atoms with Crippen molar-refractivity contribution in [1.29, 1.82) is 0 Å². The Balaban J connectivity index is 1.71. The topological polar surface area (TPSA) is 35.5 Å². The minimum absolute atomic E-state index is 0.425. The summed E-state index contributed by atoms with van der Waals surface area (Å²) in [4.78, 5) is 2.34. The SMILES string of the molecule is CN1CCC(NCC2(O)CCSC2)C1. The number of hydrogen-bond donors (Lipinski definition) is 2. The van der Waals surface area contributed by atoms with E-state index >= 15 is 0 Å². The average Bonchev–Trinajstić information content (AvgIpc) is 2.73. The fourth-order valence-electron chi connectivity index (χ4n) is 2.17. The van der Waals surface area contributed by atoms with Crippen LogP contribution in [0.15, 0.2) is 0 Å². The van der Waals surface area contributed by atoms with Crippen molar-refractivity contribution in [3.63, 3.8) is 0 Å². The molecule has 2 N–H and O–H groups in total.